The van der Waals surface area contributed by atoms with E-state index < -0.39 is 0 Å². The van der Waals surface area contributed by atoms with E-state index in [4.69, 9.17) is 5.11 Å². The summed E-state index contributed by atoms with van der Waals surface area (Å²) in [5, 5.41) is 12.1. The third-order valence-electron chi connectivity index (χ3n) is 1.84. The second-order valence-corrected chi connectivity index (χ2v) is 5.71. The summed E-state index contributed by atoms with van der Waals surface area (Å²) in [5.41, 5.74) is 1.13. The molecule has 2 nitrogen and oxygen atoms in total. The maximum absolute atomic E-state index is 8.78. The molecule has 0 aliphatic heterocycles. The Kier molecular flexibility index (Phi) is 5.47. The topological polar surface area (TPSA) is 32.3 Å². The number of aliphatic hydroxyl groups excluding tert-OH is 1. The van der Waals surface area contributed by atoms with Crippen molar-refractivity contribution in [1.29, 1.82) is 0 Å². The molecule has 1 unspecified atom stereocenters. The summed E-state index contributed by atoms with van der Waals surface area (Å²) in [6.07, 6.45) is 0.780. The highest BCUT2D eigenvalue weighted by atomic mass is 127. The van der Waals surface area contributed by atoms with Gasteiger partial charge < -0.3 is 10.4 Å². The number of hydrogen-bond donors (Lipinski definition) is 2. The molecule has 4 heteroatoms. The van der Waals surface area contributed by atoms with Gasteiger partial charge in [-0.1, -0.05) is 0 Å². The molecule has 0 saturated heterocycles. The molecule has 0 saturated carbocycles. The molecule has 0 radical (unpaired) electrons. The van der Waals surface area contributed by atoms with Crippen LogP contribution in [-0.2, 0) is 0 Å². The molecule has 0 fully saturated rings. The molecule has 0 bridgehead atoms. The zero-order valence-electron chi connectivity index (χ0n) is 7.93. The molecule has 1 aromatic rings. The van der Waals surface area contributed by atoms with Crippen molar-refractivity contribution in [3.05, 3.63) is 25.3 Å². The van der Waals surface area contributed by atoms with Crippen LogP contribution in [0.5, 0.6) is 0 Å². The first-order chi connectivity index (χ1) is 6.61. The van der Waals surface area contributed by atoms with Crippen molar-refractivity contribution < 1.29 is 5.11 Å². The highest BCUT2D eigenvalue weighted by Crippen LogP contribution is 2.19. The lowest BCUT2D eigenvalue weighted by Gasteiger charge is -2.14. The molecule has 78 valence electrons. The smallest absolute Gasteiger partial charge is 0.0450 e. The Balaban J connectivity index is 2.66. The number of halogens is 2. The van der Waals surface area contributed by atoms with E-state index in [1.165, 1.54) is 7.14 Å². The van der Waals surface area contributed by atoms with Gasteiger partial charge in [0, 0.05) is 25.5 Å². The summed E-state index contributed by atoms with van der Waals surface area (Å²) in [7, 11) is 0. The first kappa shape index (κ1) is 12.5. The van der Waals surface area contributed by atoms with Crippen molar-refractivity contribution in [1.82, 2.24) is 0 Å². The number of hydrogen-bond acceptors (Lipinski definition) is 2. The first-order valence-electron chi connectivity index (χ1n) is 4.45. The van der Waals surface area contributed by atoms with Gasteiger partial charge >= 0.3 is 0 Å². The van der Waals surface area contributed by atoms with Crippen molar-refractivity contribution in [3.8, 4) is 0 Å². The Labute approximate surface area is 112 Å². The lowest BCUT2D eigenvalue weighted by molar-refractivity contribution is 0.282. The van der Waals surface area contributed by atoms with Crippen LogP contribution in [0.2, 0.25) is 0 Å². The van der Waals surface area contributed by atoms with Crippen molar-refractivity contribution in [3.63, 3.8) is 0 Å². The number of nitrogens with one attached hydrogen (secondary N) is 1. The van der Waals surface area contributed by atoms with Crippen LogP contribution < -0.4 is 5.32 Å². The molecular weight excluding hydrogens is 404 g/mol. The largest absolute Gasteiger partial charge is 0.396 e. The lowest BCUT2D eigenvalue weighted by atomic mass is 10.2. The van der Waals surface area contributed by atoms with E-state index in [2.05, 4.69) is 75.6 Å². The van der Waals surface area contributed by atoms with Gasteiger partial charge in [-0.25, -0.2) is 0 Å². The lowest BCUT2D eigenvalue weighted by Crippen LogP contribution is -2.16. The second-order valence-electron chi connectivity index (χ2n) is 3.22. The fraction of sp³-hybridized carbons (Fsp3) is 0.400. The molecule has 1 aromatic carbocycles. The van der Waals surface area contributed by atoms with Crippen LogP contribution in [0.4, 0.5) is 5.69 Å². The van der Waals surface area contributed by atoms with Gasteiger partial charge in [0.2, 0.25) is 0 Å². The number of rotatable bonds is 4. The van der Waals surface area contributed by atoms with Crippen molar-refractivity contribution in [2.45, 2.75) is 19.4 Å². The minimum Gasteiger partial charge on any atom is -0.396 e. The van der Waals surface area contributed by atoms with E-state index in [-0.39, 0.29) is 6.61 Å². The van der Waals surface area contributed by atoms with Crippen molar-refractivity contribution in [2.24, 2.45) is 0 Å². The quantitative estimate of drug-likeness (QED) is 0.739. The highest BCUT2D eigenvalue weighted by molar-refractivity contribution is 14.1. The van der Waals surface area contributed by atoms with Gasteiger partial charge in [-0.15, -0.1) is 0 Å². The van der Waals surface area contributed by atoms with Crippen LogP contribution in [0.1, 0.15) is 13.3 Å². The number of aliphatic hydroxyl groups is 1. The maximum atomic E-state index is 8.78. The molecule has 1 atom stereocenters. The van der Waals surface area contributed by atoms with Gasteiger partial charge in [-0.2, -0.15) is 0 Å². The normalized spacial score (nSPS) is 12.6. The molecule has 1 rings (SSSR count). The Hall–Kier alpha value is 0.440. The predicted molar refractivity (Wildman–Crippen MR) is 76.7 cm³/mol. The Morgan fingerprint density at radius 1 is 1.29 bits per heavy atom. The van der Waals surface area contributed by atoms with Gasteiger partial charge in [-0.3, -0.25) is 0 Å². The summed E-state index contributed by atoms with van der Waals surface area (Å²) in [6.45, 7) is 2.30. The highest BCUT2D eigenvalue weighted by Gasteiger charge is 2.02. The monoisotopic (exact) mass is 417 g/mol. The van der Waals surface area contributed by atoms with Gasteiger partial charge in [-0.05, 0) is 76.7 Å². The van der Waals surface area contributed by atoms with E-state index in [9.17, 15) is 0 Å². The van der Waals surface area contributed by atoms with Gasteiger partial charge in [0.05, 0.1) is 0 Å². The van der Waals surface area contributed by atoms with Crippen molar-refractivity contribution >= 4 is 50.9 Å². The molecule has 0 aromatic heterocycles. The van der Waals surface area contributed by atoms with Gasteiger partial charge in [0.1, 0.15) is 0 Å². The molecule has 0 heterocycles. The number of benzene rings is 1. The minimum atomic E-state index is 0.231. The first-order valence-corrected chi connectivity index (χ1v) is 6.61. The summed E-state index contributed by atoms with van der Waals surface area (Å²) in [6, 6.07) is 6.66. The molecule has 0 spiro atoms. The Bertz CT molecular complexity index is 284. The minimum absolute atomic E-state index is 0.231. The van der Waals surface area contributed by atoms with E-state index in [1.54, 1.807) is 0 Å². The Morgan fingerprint density at radius 2 is 1.86 bits per heavy atom. The third kappa shape index (κ3) is 4.31. The molecule has 14 heavy (non-hydrogen) atoms. The van der Waals surface area contributed by atoms with Gasteiger partial charge in [0.25, 0.3) is 0 Å². The van der Waals surface area contributed by atoms with E-state index >= 15 is 0 Å². The number of anilines is 1. The van der Waals surface area contributed by atoms with E-state index in [0.717, 1.165) is 12.1 Å². The summed E-state index contributed by atoms with van der Waals surface area (Å²) in [4.78, 5) is 0. The van der Waals surface area contributed by atoms with Crippen LogP contribution in [0.15, 0.2) is 18.2 Å². The second kappa shape index (κ2) is 6.12. The van der Waals surface area contributed by atoms with E-state index in [0.29, 0.717) is 6.04 Å². The Morgan fingerprint density at radius 3 is 2.36 bits per heavy atom. The molecular formula is C10H13I2NO. The third-order valence-corrected chi connectivity index (χ3v) is 3.08. The van der Waals surface area contributed by atoms with Gasteiger partial charge in [0.15, 0.2) is 0 Å². The fourth-order valence-electron chi connectivity index (χ4n) is 1.19. The summed E-state index contributed by atoms with van der Waals surface area (Å²) < 4.78 is 2.46. The molecule has 0 aliphatic rings. The van der Waals surface area contributed by atoms with Crippen LogP contribution in [0, 0.1) is 7.14 Å². The average Bonchev–Trinajstić information content (AvgIpc) is 2.01. The van der Waals surface area contributed by atoms with Crippen LogP contribution >= 0.6 is 45.2 Å². The van der Waals surface area contributed by atoms with Crippen molar-refractivity contribution in [2.75, 3.05) is 11.9 Å². The average molecular weight is 417 g/mol. The van der Waals surface area contributed by atoms with Crippen LogP contribution in [0.3, 0.4) is 0 Å². The standard InChI is InChI=1S/C10H13I2NO/c1-7(2-3-14)13-10-5-8(11)4-9(12)6-10/h4-7,13-14H,2-3H2,1H3. The predicted octanol–water partition coefficient (Wildman–Crippen LogP) is 3.08. The molecule has 0 amide bonds. The zero-order chi connectivity index (χ0) is 10.6. The fourth-order valence-corrected chi connectivity index (χ4v) is 3.13. The summed E-state index contributed by atoms with van der Waals surface area (Å²) in [5.74, 6) is 0. The maximum Gasteiger partial charge on any atom is 0.0450 e. The molecule has 2 N–H and O–H groups in total. The van der Waals surface area contributed by atoms with Crippen LogP contribution in [0.25, 0.3) is 0 Å². The van der Waals surface area contributed by atoms with E-state index in [1.807, 2.05) is 0 Å². The zero-order valence-corrected chi connectivity index (χ0v) is 12.2. The molecule has 0 aliphatic carbocycles. The SMILES string of the molecule is CC(CCO)Nc1cc(I)cc(I)c1. The van der Waals surface area contributed by atoms with Crippen LogP contribution in [-0.4, -0.2) is 17.8 Å². The summed E-state index contributed by atoms with van der Waals surface area (Å²) >= 11 is 4.61.